The molecule has 1 radical (unpaired) electrons. The number of hydrogen-bond acceptors (Lipinski definition) is 3. The quantitative estimate of drug-likeness (QED) is 0.526. The van der Waals surface area contributed by atoms with Crippen molar-refractivity contribution >= 4 is 16.7 Å². The molecule has 0 unspecified atom stereocenters. The van der Waals surface area contributed by atoms with Crippen LogP contribution in [-0.4, -0.2) is 11.1 Å². The van der Waals surface area contributed by atoms with Crippen LogP contribution in [0, 0.1) is 0 Å². The summed E-state index contributed by atoms with van der Waals surface area (Å²) in [6.45, 7) is 5.11. The molecule has 0 amide bonds. The van der Waals surface area contributed by atoms with Gasteiger partial charge in [0.2, 0.25) is 0 Å². The van der Waals surface area contributed by atoms with E-state index in [0.717, 1.165) is 5.39 Å². The van der Waals surface area contributed by atoms with Gasteiger partial charge < -0.3 is 9.84 Å². The van der Waals surface area contributed by atoms with Gasteiger partial charge in [-0.3, -0.25) is 0 Å². The van der Waals surface area contributed by atoms with E-state index in [1.807, 2.05) is 6.07 Å². The monoisotopic (exact) mass is 317 g/mol. The van der Waals surface area contributed by atoms with Crippen LogP contribution in [0.3, 0.4) is 0 Å². The van der Waals surface area contributed by atoms with Gasteiger partial charge in [-0.2, -0.15) is 0 Å². The first-order chi connectivity index (χ1) is 8.08. The van der Waals surface area contributed by atoms with Crippen molar-refractivity contribution in [3.8, 4) is 11.5 Å². The van der Waals surface area contributed by atoms with Crippen molar-refractivity contribution in [1.29, 1.82) is 0 Å². The number of carbonyl (C=O) groups excluding carboxylic acids is 1. The minimum atomic E-state index is -0.471. The molecule has 0 aromatic heterocycles. The average molecular weight is 317 g/mol. The normalized spacial score (nSPS) is 9.61. The molecular weight excluding hydrogens is 305 g/mol. The molecule has 0 bridgehead atoms. The standard InChI is InChI=1S/C14H12O3.Y/c1-9(2)14(16)17-13-5-3-4-10-6-7-11(15)8-12(10)13;/h3-8,15H,1H2,2H3;. The fraction of sp³-hybridized carbons (Fsp3) is 0.0714. The Labute approximate surface area is 130 Å². The molecule has 2 aromatic carbocycles. The Morgan fingerprint density at radius 1 is 1.28 bits per heavy atom. The number of phenolic OH excluding ortho intramolecular Hbond substituents is 1. The Kier molecular flexibility index (Phi) is 5.06. The van der Waals surface area contributed by atoms with E-state index in [0.29, 0.717) is 16.7 Å². The van der Waals surface area contributed by atoms with Crippen LogP contribution in [0.25, 0.3) is 10.8 Å². The number of fused-ring (bicyclic) bond motifs is 1. The molecule has 0 atom stereocenters. The van der Waals surface area contributed by atoms with E-state index in [-0.39, 0.29) is 38.5 Å². The van der Waals surface area contributed by atoms with Crippen LogP contribution in [0.5, 0.6) is 11.5 Å². The van der Waals surface area contributed by atoms with Crippen LogP contribution in [-0.2, 0) is 37.5 Å². The summed E-state index contributed by atoms with van der Waals surface area (Å²) in [5, 5.41) is 11.0. The molecule has 0 fully saturated rings. The van der Waals surface area contributed by atoms with Crippen LogP contribution in [0.2, 0.25) is 0 Å². The zero-order valence-electron chi connectivity index (χ0n) is 10.0. The van der Waals surface area contributed by atoms with Crippen molar-refractivity contribution in [2.75, 3.05) is 0 Å². The molecule has 0 aliphatic rings. The fourth-order valence-electron chi connectivity index (χ4n) is 1.51. The van der Waals surface area contributed by atoms with E-state index in [4.69, 9.17) is 4.74 Å². The van der Waals surface area contributed by atoms with Crippen LogP contribution < -0.4 is 4.74 Å². The molecule has 3 nitrogen and oxygen atoms in total. The molecule has 0 saturated heterocycles. The van der Waals surface area contributed by atoms with Gasteiger partial charge in [0.1, 0.15) is 11.5 Å². The van der Waals surface area contributed by atoms with Crippen molar-refractivity contribution in [2.45, 2.75) is 6.92 Å². The molecule has 2 aromatic rings. The van der Waals surface area contributed by atoms with Crippen molar-refractivity contribution in [2.24, 2.45) is 0 Å². The van der Waals surface area contributed by atoms with Gasteiger partial charge in [-0.1, -0.05) is 24.8 Å². The van der Waals surface area contributed by atoms with Gasteiger partial charge in [-0.25, -0.2) is 4.79 Å². The summed E-state index contributed by atoms with van der Waals surface area (Å²) in [6, 6.07) is 10.3. The number of carbonyl (C=O) groups is 1. The second-order valence-electron chi connectivity index (χ2n) is 3.83. The third-order valence-electron chi connectivity index (χ3n) is 2.38. The Balaban J connectivity index is 0.00000162. The SMILES string of the molecule is C=C(C)C(=O)Oc1cccc2ccc(O)cc12.[Y]. The summed E-state index contributed by atoms with van der Waals surface area (Å²) < 4.78 is 5.19. The zero-order valence-corrected chi connectivity index (χ0v) is 12.9. The van der Waals surface area contributed by atoms with Crippen molar-refractivity contribution in [3.63, 3.8) is 0 Å². The van der Waals surface area contributed by atoms with Crippen molar-refractivity contribution in [3.05, 3.63) is 48.6 Å². The van der Waals surface area contributed by atoms with Gasteiger partial charge in [0.15, 0.2) is 0 Å². The van der Waals surface area contributed by atoms with Gasteiger partial charge in [0.05, 0.1) is 0 Å². The molecule has 2 rings (SSSR count). The van der Waals surface area contributed by atoms with E-state index in [9.17, 15) is 9.90 Å². The molecular formula is C14H12O3Y. The van der Waals surface area contributed by atoms with Gasteiger partial charge in [-0.05, 0) is 30.5 Å². The van der Waals surface area contributed by atoms with Crippen molar-refractivity contribution < 1.29 is 47.3 Å². The number of rotatable bonds is 2. The predicted molar refractivity (Wildman–Crippen MR) is 66.1 cm³/mol. The van der Waals surface area contributed by atoms with E-state index < -0.39 is 5.97 Å². The number of benzene rings is 2. The summed E-state index contributed by atoms with van der Waals surface area (Å²) in [5.41, 5.74) is 0.335. The van der Waals surface area contributed by atoms with E-state index in [1.165, 1.54) is 0 Å². The van der Waals surface area contributed by atoms with Gasteiger partial charge >= 0.3 is 5.97 Å². The van der Waals surface area contributed by atoms with Crippen LogP contribution in [0.4, 0.5) is 0 Å². The molecule has 18 heavy (non-hydrogen) atoms. The van der Waals surface area contributed by atoms with Crippen LogP contribution in [0.15, 0.2) is 48.6 Å². The Bertz CT molecular complexity index is 605. The number of hydrogen-bond donors (Lipinski definition) is 1. The largest absolute Gasteiger partial charge is 0.508 e. The number of phenols is 1. The minimum Gasteiger partial charge on any atom is -0.508 e. The summed E-state index contributed by atoms with van der Waals surface area (Å²) in [5.74, 6) is 0.0866. The first-order valence-corrected chi connectivity index (χ1v) is 5.17. The molecule has 4 heteroatoms. The minimum absolute atomic E-state index is 0. The van der Waals surface area contributed by atoms with Gasteiger partial charge in [-0.15, -0.1) is 0 Å². The maximum absolute atomic E-state index is 11.5. The van der Waals surface area contributed by atoms with Gasteiger partial charge in [0, 0.05) is 43.7 Å². The molecule has 0 heterocycles. The van der Waals surface area contributed by atoms with E-state index in [2.05, 4.69) is 6.58 Å². The van der Waals surface area contributed by atoms with E-state index in [1.54, 1.807) is 37.3 Å². The summed E-state index contributed by atoms with van der Waals surface area (Å²) >= 11 is 0. The molecule has 0 spiro atoms. The number of esters is 1. The fourth-order valence-corrected chi connectivity index (χ4v) is 1.51. The topological polar surface area (TPSA) is 46.5 Å². The maximum atomic E-state index is 11.5. The van der Waals surface area contributed by atoms with E-state index >= 15 is 0 Å². The summed E-state index contributed by atoms with van der Waals surface area (Å²) in [4.78, 5) is 11.5. The van der Waals surface area contributed by atoms with Crippen molar-refractivity contribution in [1.82, 2.24) is 0 Å². The molecule has 89 valence electrons. The summed E-state index contributed by atoms with van der Waals surface area (Å²) in [6.07, 6.45) is 0. The Morgan fingerprint density at radius 3 is 2.67 bits per heavy atom. The molecule has 0 saturated carbocycles. The average Bonchev–Trinajstić information content (AvgIpc) is 2.29. The molecule has 1 N–H and O–H groups in total. The third kappa shape index (κ3) is 3.18. The number of aromatic hydroxyl groups is 1. The van der Waals surface area contributed by atoms with Crippen LogP contribution >= 0.6 is 0 Å². The summed E-state index contributed by atoms with van der Waals surface area (Å²) in [7, 11) is 0. The third-order valence-corrected chi connectivity index (χ3v) is 2.38. The Morgan fingerprint density at radius 2 is 2.00 bits per heavy atom. The smallest absolute Gasteiger partial charge is 0.338 e. The Hall–Kier alpha value is -1.19. The first-order valence-electron chi connectivity index (χ1n) is 5.17. The first kappa shape index (κ1) is 14.9. The predicted octanol–water partition coefficient (Wildman–Crippen LogP) is 3.02. The maximum Gasteiger partial charge on any atom is 0.338 e. The molecule has 0 aliphatic carbocycles. The second-order valence-corrected chi connectivity index (χ2v) is 3.83. The molecule has 0 aliphatic heterocycles. The van der Waals surface area contributed by atoms with Crippen LogP contribution in [0.1, 0.15) is 6.92 Å². The van der Waals surface area contributed by atoms with Gasteiger partial charge in [0.25, 0.3) is 0 Å². The second kappa shape index (κ2) is 6.12. The zero-order chi connectivity index (χ0) is 12.4. The number of ether oxygens (including phenoxy) is 1.